The first-order valence-corrected chi connectivity index (χ1v) is 12.0. The summed E-state index contributed by atoms with van der Waals surface area (Å²) in [6, 6.07) is 16.7. The van der Waals surface area contributed by atoms with Crippen molar-refractivity contribution < 1.29 is 18.0 Å². The topological polar surface area (TPSA) is 95.6 Å². The minimum Gasteiger partial charge on any atom is -0.339 e. The van der Waals surface area contributed by atoms with E-state index >= 15 is 0 Å². The number of amides is 2. The van der Waals surface area contributed by atoms with E-state index in [1.165, 1.54) is 13.0 Å². The summed E-state index contributed by atoms with van der Waals surface area (Å²) in [4.78, 5) is 26.1. The fourth-order valence-corrected chi connectivity index (χ4v) is 4.99. The fraction of sp³-hybridized carbons (Fsp3) is 0.182. The van der Waals surface area contributed by atoms with Crippen molar-refractivity contribution in [3.8, 4) is 0 Å². The molecule has 0 saturated carbocycles. The maximum absolute atomic E-state index is 12.7. The standard InChI is InChI=1S/C22H23N3O4S2/c1-3-25(16(2)26)15-18-7-4-5-8-20(18)23-22(27)17-10-12-19(13-11-17)24-31(28,29)21-9-6-14-30-21/h4-14,24H,3,15H2,1-2H3,(H,23,27). The summed E-state index contributed by atoms with van der Waals surface area (Å²) >= 11 is 1.13. The van der Waals surface area contributed by atoms with Crippen molar-refractivity contribution in [3.05, 3.63) is 77.2 Å². The number of nitrogens with zero attached hydrogens (tertiary/aromatic N) is 1. The van der Waals surface area contributed by atoms with Crippen molar-refractivity contribution in [2.45, 2.75) is 24.6 Å². The zero-order valence-corrected chi connectivity index (χ0v) is 18.8. The van der Waals surface area contributed by atoms with Crippen LogP contribution in [0.1, 0.15) is 29.8 Å². The van der Waals surface area contributed by atoms with Crippen molar-refractivity contribution >= 4 is 44.5 Å². The number of rotatable bonds is 8. The van der Waals surface area contributed by atoms with E-state index in [9.17, 15) is 18.0 Å². The van der Waals surface area contributed by atoms with Crippen LogP contribution in [-0.4, -0.2) is 31.7 Å². The number of hydrogen-bond acceptors (Lipinski definition) is 5. The summed E-state index contributed by atoms with van der Waals surface area (Å²) in [5, 5.41) is 4.56. The van der Waals surface area contributed by atoms with E-state index in [1.54, 1.807) is 46.7 Å². The summed E-state index contributed by atoms with van der Waals surface area (Å²) in [5.41, 5.74) is 2.20. The van der Waals surface area contributed by atoms with Gasteiger partial charge in [0.25, 0.3) is 15.9 Å². The Morgan fingerprint density at radius 3 is 2.32 bits per heavy atom. The smallest absolute Gasteiger partial charge is 0.271 e. The third-order valence-electron chi connectivity index (χ3n) is 4.61. The van der Waals surface area contributed by atoms with Gasteiger partial charge in [-0.15, -0.1) is 11.3 Å². The normalized spacial score (nSPS) is 11.0. The summed E-state index contributed by atoms with van der Waals surface area (Å²) in [6.07, 6.45) is 0. The van der Waals surface area contributed by atoms with Gasteiger partial charge >= 0.3 is 0 Å². The average Bonchev–Trinajstić information content (AvgIpc) is 3.29. The molecular weight excluding hydrogens is 434 g/mol. The van der Waals surface area contributed by atoms with Crippen LogP contribution in [0.2, 0.25) is 0 Å². The van der Waals surface area contributed by atoms with Crippen molar-refractivity contribution in [2.24, 2.45) is 0 Å². The maximum atomic E-state index is 12.7. The first kappa shape index (κ1) is 22.5. The first-order chi connectivity index (χ1) is 14.8. The van der Waals surface area contributed by atoms with Crippen LogP contribution in [0, 0.1) is 0 Å². The Hall–Kier alpha value is -3.17. The second-order valence-corrected chi connectivity index (χ2v) is 9.62. The Bertz CT molecular complexity index is 1160. The van der Waals surface area contributed by atoms with Gasteiger partial charge in [-0.2, -0.15) is 0 Å². The van der Waals surface area contributed by atoms with E-state index < -0.39 is 10.0 Å². The van der Waals surface area contributed by atoms with Crippen LogP contribution in [0.3, 0.4) is 0 Å². The van der Waals surface area contributed by atoms with Crippen LogP contribution in [0.5, 0.6) is 0 Å². The van der Waals surface area contributed by atoms with Gasteiger partial charge in [0.05, 0.1) is 0 Å². The molecule has 3 rings (SSSR count). The molecule has 162 valence electrons. The highest BCUT2D eigenvalue weighted by Crippen LogP contribution is 2.22. The van der Waals surface area contributed by atoms with Gasteiger partial charge in [-0.1, -0.05) is 24.3 Å². The molecule has 0 aliphatic heterocycles. The number of thiophene rings is 1. The summed E-state index contributed by atoms with van der Waals surface area (Å²) in [7, 11) is -3.64. The summed E-state index contributed by atoms with van der Waals surface area (Å²) in [6.45, 7) is 4.38. The number of sulfonamides is 1. The number of carbonyl (C=O) groups is 2. The van der Waals surface area contributed by atoms with Crippen LogP contribution in [0.4, 0.5) is 11.4 Å². The molecule has 3 aromatic rings. The van der Waals surface area contributed by atoms with Crippen LogP contribution in [0.15, 0.2) is 70.3 Å². The minimum absolute atomic E-state index is 0.0378. The highest BCUT2D eigenvalue weighted by molar-refractivity contribution is 7.94. The summed E-state index contributed by atoms with van der Waals surface area (Å²) in [5.74, 6) is -0.366. The SMILES string of the molecule is CCN(Cc1ccccc1NC(=O)c1ccc(NS(=O)(=O)c2cccs2)cc1)C(C)=O. The molecule has 0 radical (unpaired) electrons. The van der Waals surface area contributed by atoms with Gasteiger partial charge in [0, 0.05) is 37.0 Å². The van der Waals surface area contributed by atoms with E-state index in [2.05, 4.69) is 10.0 Å². The van der Waals surface area contributed by atoms with Crippen LogP contribution in [0.25, 0.3) is 0 Å². The molecule has 7 nitrogen and oxygen atoms in total. The third kappa shape index (κ3) is 5.71. The van der Waals surface area contributed by atoms with E-state index in [4.69, 9.17) is 0 Å². The second-order valence-electron chi connectivity index (χ2n) is 6.76. The number of benzene rings is 2. The Labute approximate surface area is 185 Å². The van der Waals surface area contributed by atoms with E-state index in [1.807, 2.05) is 25.1 Å². The predicted molar refractivity (Wildman–Crippen MR) is 123 cm³/mol. The number of hydrogen-bond donors (Lipinski definition) is 2. The van der Waals surface area contributed by atoms with E-state index in [-0.39, 0.29) is 16.0 Å². The molecule has 0 atom stereocenters. The zero-order valence-electron chi connectivity index (χ0n) is 17.2. The van der Waals surface area contributed by atoms with Gasteiger partial charge in [0.1, 0.15) is 4.21 Å². The molecule has 2 aromatic carbocycles. The van der Waals surface area contributed by atoms with Crippen LogP contribution in [-0.2, 0) is 21.4 Å². The highest BCUT2D eigenvalue weighted by Gasteiger charge is 2.16. The molecule has 0 aliphatic rings. The lowest BCUT2D eigenvalue weighted by Gasteiger charge is -2.21. The molecule has 9 heteroatoms. The minimum atomic E-state index is -3.64. The largest absolute Gasteiger partial charge is 0.339 e. The molecular formula is C22H23N3O4S2. The maximum Gasteiger partial charge on any atom is 0.271 e. The average molecular weight is 458 g/mol. The number of nitrogens with one attached hydrogen (secondary N) is 2. The van der Waals surface area contributed by atoms with Gasteiger partial charge < -0.3 is 10.2 Å². The van der Waals surface area contributed by atoms with Gasteiger partial charge in [0.15, 0.2) is 0 Å². The Kier molecular flexibility index (Phi) is 7.09. The van der Waals surface area contributed by atoms with Crippen molar-refractivity contribution in [1.82, 2.24) is 4.90 Å². The van der Waals surface area contributed by atoms with Crippen molar-refractivity contribution in [2.75, 3.05) is 16.6 Å². The van der Waals surface area contributed by atoms with Crippen LogP contribution < -0.4 is 10.0 Å². The second kappa shape index (κ2) is 9.76. The molecule has 1 heterocycles. The number of anilines is 2. The number of carbonyl (C=O) groups excluding carboxylic acids is 2. The van der Waals surface area contributed by atoms with Crippen molar-refractivity contribution in [1.29, 1.82) is 0 Å². The lowest BCUT2D eigenvalue weighted by atomic mass is 10.1. The highest BCUT2D eigenvalue weighted by atomic mass is 32.2. The number of para-hydroxylation sites is 1. The van der Waals surface area contributed by atoms with E-state index in [0.29, 0.717) is 30.0 Å². The van der Waals surface area contributed by atoms with Gasteiger partial charge in [0.2, 0.25) is 5.91 Å². The summed E-state index contributed by atoms with van der Waals surface area (Å²) < 4.78 is 27.3. The third-order valence-corrected chi connectivity index (χ3v) is 7.39. The molecule has 0 fully saturated rings. The molecule has 0 bridgehead atoms. The fourth-order valence-electron chi connectivity index (χ4n) is 2.94. The Morgan fingerprint density at radius 1 is 1.00 bits per heavy atom. The Balaban J connectivity index is 1.71. The quantitative estimate of drug-likeness (QED) is 0.531. The molecule has 0 spiro atoms. The Morgan fingerprint density at radius 2 is 1.71 bits per heavy atom. The van der Waals surface area contributed by atoms with E-state index in [0.717, 1.165) is 16.9 Å². The first-order valence-electron chi connectivity index (χ1n) is 9.61. The zero-order chi connectivity index (χ0) is 22.4. The van der Waals surface area contributed by atoms with Gasteiger partial charge in [-0.25, -0.2) is 8.42 Å². The molecule has 0 saturated heterocycles. The lowest BCUT2D eigenvalue weighted by molar-refractivity contribution is -0.129. The molecule has 0 unspecified atom stereocenters. The van der Waals surface area contributed by atoms with Crippen LogP contribution >= 0.6 is 11.3 Å². The lowest BCUT2D eigenvalue weighted by Crippen LogP contribution is -2.28. The monoisotopic (exact) mass is 457 g/mol. The predicted octanol–water partition coefficient (Wildman–Crippen LogP) is 4.17. The molecule has 0 aliphatic carbocycles. The van der Waals surface area contributed by atoms with Gasteiger partial charge in [-0.3, -0.25) is 14.3 Å². The molecule has 1 aromatic heterocycles. The molecule has 31 heavy (non-hydrogen) atoms. The molecule has 2 amide bonds. The van der Waals surface area contributed by atoms with Gasteiger partial charge in [-0.05, 0) is 54.3 Å². The van der Waals surface area contributed by atoms with Crippen molar-refractivity contribution in [3.63, 3.8) is 0 Å². The molecule has 2 N–H and O–H groups in total.